The maximum Gasteiger partial charge on any atom is 0.422 e. The van der Waals surface area contributed by atoms with E-state index in [2.05, 4.69) is 0 Å². The molecule has 0 N–H and O–H groups in total. The van der Waals surface area contributed by atoms with Gasteiger partial charge in [0.15, 0.2) is 12.9 Å². The number of methoxy groups -OCH3 is 2. The molecule has 0 unspecified atom stereocenters. The van der Waals surface area contributed by atoms with Crippen LogP contribution in [0.2, 0.25) is 0 Å². The summed E-state index contributed by atoms with van der Waals surface area (Å²) < 4.78 is 73.1. The highest BCUT2D eigenvalue weighted by molar-refractivity contribution is 6.05. The standard InChI is InChI=1S/C26H18F4O6/c1-33-21-8-5-15(9-19(21)25(32)34-2)17-10-18-20(12-31)24(14-3-6-16(27)7-4-14)36-23(18)11-22(17)35-13-26(28,29)30/h3-12H,13H2,1-2H3. The second-order valence-electron chi connectivity index (χ2n) is 7.62. The molecule has 186 valence electrons. The van der Waals surface area contributed by atoms with Gasteiger partial charge in [-0.3, -0.25) is 4.79 Å². The molecule has 0 radical (unpaired) electrons. The molecule has 0 atom stereocenters. The summed E-state index contributed by atoms with van der Waals surface area (Å²) >= 11 is 0. The molecule has 6 nitrogen and oxygen atoms in total. The maximum absolute atomic E-state index is 13.4. The minimum atomic E-state index is -4.63. The first-order chi connectivity index (χ1) is 17.1. The van der Waals surface area contributed by atoms with Crippen LogP contribution in [-0.2, 0) is 4.74 Å². The number of carbonyl (C=O) groups excluding carboxylic acids is 2. The third kappa shape index (κ3) is 4.88. The molecule has 4 rings (SSSR count). The molecule has 0 saturated carbocycles. The number of fused-ring (bicyclic) bond motifs is 1. The third-order valence-electron chi connectivity index (χ3n) is 5.36. The summed E-state index contributed by atoms with van der Waals surface area (Å²) in [5.74, 6) is -1.10. The van der Waals surface area contributed by atoms with Crippen molar-refractivity contribution in [2.75, 3.05) is 20.8 Å². The van der Waals surface area contributed by atoms with E-state index in [0.29, 0.717) is 17.4 Å². The van der Waals surface area contributed by atoms with E-state index in [0.717, 1.165) is 0 Å². The molecule has 0 spiro atoms. The van der Waals surface area contributed by atoms with Crippen molar-refractivity contribution in [3.8, 4) is 33.9 Å². The lowest BCUT2D eigenvalue weighted by molar-refractivity contribution is -0.153. The van der Waals surface area contributed by atoms with E-state index in [1.165, 1.54) is 68.8 Å². The van der Waals surface area contributed by atoms with Crippen LogP contribution in [-0.4, -0.2) is 39.3 Å². The predicted octanol–water partition coefficient (Wildman–Crippen LogP) is 6.45. The fourth-order valence-corrected chi connectivity index (χ4v) is 3.73. The SMILES string of the molecule is COC(=O)c1cc(-c2cc3c(C=O)c(-c4ccc(F)cc4)oc3cc2OCC(F)(F)F)ccc1OC. The van der Waals surface area contributed by atoms with Crippen molar-refractivity contribution in [3.05, 3.63) is 71.5 Å². The lowest BCUT2D eigenvalue weighted by atomic mass is 9.98. The fraction of sp³-hybridized carbons (Fsp3) is 0.154. The van der Waals surface area contributed by atoms with Crippen LogP contribution in [0.5, 0.6) is 11.5 Å². The van der Waals surface area contributed by atoms with Crippen LogP contribution >= 0.6 is 0 Å². The second kappa shape index (κ2) is 9.73. The number of halogens is 4. The van der Waals surface area contributed by atoms with E-state index < -0.39 is 24.6 Å². The fourth-order valence-electron chi connectivity index (χ4n) is 3.73. The number of furan rings is 1. The summed E-state index contributed by atoms with van der Waals surface area (Å²) in [5.41, 5.74) is 1.09. The highest BCUT2D eigenvalue weighted by atomic mass is 19.4. The molecular weight excluding hydrogens is 484 g/mol. The molecule has 0 saturated heterocycles. The molecular formula is C26H18F4O6. The zero-order chi connectivity index (χ0) is 26.0. The number of esters is 1. The molecule has 3 aromatic carbocycles. The van der Waals surface area contributed by atoms with Gasteiger partial charge in [0.05, 0.1) is 19.8 Å². The van der Waals surface area contributed by atoms with Gasteiger partial charge in [0.1, 0.15) is 34.2 Å². The highest BCUT2D eigenvalue weighted by Crippen LogP contribution is 2.41. The quantitative estimate of drug-likeness (QED) is 0.164. The Morgan fingerprint density at radius 3 is 2.28 bits per heavy atom. The number of aldehydes is 1. The van der Waals surface area contributed by atoms with Gasteiger partial charge in [-0.2, -0.15) is 13.2 Å². The van der Waals surface area contributed by atoms with Crippen molar-refractivity contribution in [2.24, 2.45) is 0 Å². The summed E-state index contributed by atoms with van der Waals surface area (Å²) in [6.07, 6.45) is -4.09. The van der Waals surface area contributed by atoms with Crippen molar-refractivity contribution in [1.82, 2.24) is 0 Å². The largest absolute Gasteiger partial charge is 0.496 e. The zero-order valence-corrected chi connectivity index (χ0v) is 18.9. The minimum Gasteiger partial charge on any atom is -0.496 e. The molecule has 1 aromatic heterocycles. The van der Waals surface area contributed by atoms with E-state index in [1.807, 2.05) is 0 Å². The van der Waals surface area contributed by atoms with Gasteiger partial charge in [0.2, 0.25) is 0 Å². The lowest BCUT2D eigenvalue weighted by Crippen LogP contribution is -2.19. The van der Waals surface area contributed by atoms with Gasteiger partial charge in [-0.15, -0.1) is 0 Å². The van der Waals surface area contributed by atoms with Crippen molar-refractivity contribution >= 4 is 23.2 Å². The summed E-state index contributed by atoms with van der Waals surface area (Å²) in [4.78, 5) is 24.3. The lowest BCUT2D eigenvalue weighted by Gasteiger charge is -2.15. The number of carbonyl (C=O) groups is 2. The molecule has 36 heavy (non-hydrogen) atoms. The van der Waals surface area contributed by atoms with E-state index in [9.17, 15) is 27.2 Å². The maximum atomic E-state index is 13.4. The van der Waals surface area contributed by atoms with E-state index in [1.54, 1.807) is 0 Å². The van der Waals surface area contributed by atoms with Crippen LogP contribution in [0, 0.1) is 5.82 Å². The molecule has 0 aliphatic heterocycles. The average molecular weight is 502 g/mol. The first-order valence-corrected chi connectivity index (χ1v) is 10.4. The van der Waals surface area contributed by atoms with Crippen LogP contribution in [0.15, 0.2) is 59.0 Å². The minimum absolute atomic E-state index is 0.0363. The Morgan fingerprint density at radius 2 is 1.67 bits per heavy atom. The number of rotatable bonds is 7. The van der Waals surface area contributed by atoms with Crippen LogP contribution in [0.4, 0.5) is 17.6 Å². The monoisotopic (exact) mass is 502 g/mol. The number of ether oxygens (including phenoxy) is 3. The normalized spacial score (nSPS) is 11.4. The molecule has 10 heteroatoms. The summed E-state index contributed by atoms with van der Waals surface area (Å²) in [7, 11) is 2.53. The van der Waals surface area contributed by atoms with Gasteiger partial charge in [0.25, 0.3) is 0 Å². The van der Waals surface area contributed by atoms with E-state index in [-0.39, 0.29) is 44.9 Å². The zero-order valence-electron chi connectivity index (χ0n) is 18.9. The molecule has 0 fully saturated rings. The van der Waals surface area contributed by atoms with Crippen molar-refractivity contribution in [1.29, 1.82) is 0 Å². The number of hydrogen-bond donors (Lipinski definition) is 0. The Labute approximate surface area is 202 Å². The van der Waals surface area contributed by atoms with Crippen LogP contribution in [0.1, 0.15) is 20.7 Å². The van der Waals surface area contributed by atoms with Gasteiger partial charge < -0.3 is 18.6 Å². The molecule has 0 bridgehead atoms. The van der Waals surface area contributed by atoms with Gasteiger partial charge >= 0.3 is 12.1 Å². The highest BCUT2D eigenvalue weighted by Gasteiger charge is 2.30. The Bertz CT molecular complexity index is 1440. The topological polar surface area (TPSA) is 75.0 Å². The Morgan fingerprint density at radius 1 is 0.972 bits per heavy atom. The van der Waals surface area contributed by atoms with E-state index >= 15 is 0 Å². The first kappa shape index (κ1) is 24.8. The first-order valence-electron chi connectivity index (χ1n) is 10.4. The van der Waals surface area contributed by atoms with Crippen molar-refractivity contribution in [3.63, 3.8) is 0 Å². The van der Waals surface area contributed by atoms with Gasteiger partial charge in [-0.05, 0) is 48.0 Å². The Hall–Kier alpha value is -4.34. The second-order valence-corrected chi connectivity index (χ2v) is 7.62. The predicted molar refractivity (Wildman–Crippen MR) is 122 cm³/mol. The van der Waals surface area contributed by atoms with Crippen molar-refractivity contribution < 1.29 is 45.8 Å². The van der Waals surface area contributed by atoms with Gasteiger partial charge in [-0.1, -0.05) is 6.07 Å². The third-order valence-corrected chi connectivity index (χ3v) is 5.36. The van der Waals surface area contributed by atoms with E-state index in [4.69, 9.17) is 18.6 Å². The van der Waals surface area contributed by atoms with Crippen LogP contribution in [0.25, 0.3) is 33.4 Å². The molecule has 1 heterocycles. The van der Waals surface area contributed by atoms with Crippen LogP contribution < -0.4 is 9.47 Å². The number of benzene rings is 3. The summed E-state index contributed by atoms with van der Waals surface area (Å²) in [6, 6.07) is 12.2. The molecule has 0 amide bonds. The summed E-state index contributed by atoms with van der Waals surface area (Å²) in [5, 5.41) is 0.286. The van der Waals surface area contributed by atoms with Gasteiger partial charge in [-0.25, -0.2) is 9.18 Å². The smallest absolute Gasteiger partial charge is 0.422 e. The number of hydrogen-bond acceptors (Lipinski definition) is 6. The number of alkyl halides is 3. The molecule has 0 aliphatic carbocycles. The average Bonchev–Trinajstić information content (AvgIpc) is 3.23. The molecule has 4 aromatic rings. The van der Waals surface area contributed by atoms with Crippen LogP contribution in [0.3, 0.4) is 0 Å². The van der Waals surface area contributed by atoms with Gasteiger partial charge in [0, 0.05) is 22.6 Å². The molecule has 0 aliphatic rings. The summed E-state index contributed by atoms with van der Waals surface area (Å²) in [6.45, 7) is -1.59. The van der Waals surface area contributed by atoms with Crippen molar-refractivity contribution in [2.45, 2.75) is 6.18 Å². The Balaban J connectivity index is 1.95. The Kier molecular flexibility index (Phi) is 6.69.